The number of benzene rings is 1. The molecule has 0 heterocycles. The third kappa shape index (κ3) is 6.19. The second-order valence-corrected chi connectivity index (χ2v) is 11.6. The predicted molar refractivity (Wildman–Crippen MR) is 125 cm³/mol. The van der Waals surface area contributed by atoms with Crippen molar-refractivity contribution in [3.05, 3.63) is 45.4 Å². The molecule has 1 fully saturated rings. The van der Waals surface area contributed by atoms with E-state index in [9.17, 15) is 16.8 Å². The first kappa shape index (κ1) is 26.5. The summed E-state index contributed by atoms with van der Waals surface area (Å²) in [5.41, 5.74) is 0.801. The zero-order valence-electron chi connectivity index (χ0n) is 17.6. The number of rotatable bonds is 11. The molecule has 1 aliphatic rings. The van der Waals surface area contributed by atoms with E-state index >= 15 is 0 Å². The van der Waals surface area contributed by atoms with E-state index in [-0.39, 0.29) is 23.3 Å². The topological polar surface area (TPSA) is 138 Å². The van der Waals surface area contributed by atoms with Crippen molar-refractivity contribution < 1.29 is 21.7 Å². The standard InChI is InChI=1S/C17H24Cl2N6O5S2/c1-12(21-11-25(20)32(28,29)23(2)3)31(26,27)24(14-6-7-14)10-17(22-30-4)13-5-8-15(18)16(19)9-13/h5,8-9,11,14H,1,6-7,10,20H2,2-4H3/b21-11?,22-17+. The van der Waals surface area contributed by atoms with E-state index in [0.717, 1.165) is 4.31 Å². The fraction of sp³-hybridized carbons (Fsp3) is 0.412. The molecular formula is C17H24Cl2N6O5S2. The van der Waals surface area contributed by atoms with Crippen molar-refractivity contribution in [2.45, 2.75) is 18.9 Å². The highest BCUT2D eigenvalue weighted by Crippen LogP contribution is 2.32. The van der Waals surface area contributed by atoms with Gasteiger partial charge in [-0.1, -0.05) is 41.0 Å². The Hall–Kier alpha value is -1.74. The number of aliphatic imine (C=N–C) groups is 1. The van der Waals surface area contributed by atoms with Gasteiger partial charge in [0.05, 0.1) is 16.6 Å². The number of oxime groups is 1. The van der Waals surface area contributed by atoms with Crippen LogP contribution >= 0.6 is 23.2 Å². The zero-order valence-corrected chi connectivity index (χ0v) is 20.8. The van der Waals surface area contributed by atoms with Gasteiger partial charge >= 0.3 is 10.2 Å². The maximum absolute atomic E-state index is 13.2. The van der Waals surface area contributed by atoms with Crippen LogP contribution in [0.15, 0.2) is 40.0 Å². The summed E-state index contributed by atoms with van der Waals surface area (Å²) in [4.78, 5) is 8.55. The van der Waals surface area contributed by atoms with Gasteiger partial charge in [0.1, 0.15) is 19.2 Å². The van der Waals surface area contributed by atoms with Gasteiger partial charge in [0, 0.05) is 25.7 Å². The molecule has 0 unspecified atom stereocenters. The Morgan fingerprint density at radius 2 is 1.88 bits per heavy atom. The minimum absolute atomic E-state index is 0.157. The third-order valence-electron chi connectivity index (χ3n) is 4.36. The number of hydrazine groups is 1. The quantitative estimate of drug-likeness (QED) is 0.201. The van der Waals surface area contributed by atoms with Gasteiger partial charge in [0.2, 0.25) is 0 Å². The normalized spacial score (nSPS) is 15.6. The number of halogens is 2. The van der Waals surface area contributed by atoms with Crippen molar-refractivity contribution in [1.29, 1.82) is 0 Å². The Morgan fingerprint density at radius 1 is 1.25 bits per heavy atom. The molecule has 15 heteroatoms. The summed E-state index contributed by atoms with van der Waals surface area (Å²) >= 11 is 12.0. The summed E-state index contributed by atoms with van der Waals surface area (Å²) in [6.45, 7) is 3.32. The second-order valence-electron chi connectivity index (χ2n) is 6.89. The van der Waals surface area contributed by atoms with Crippen LogP contribution in [-0.4, -0.2) is 75.7 Å². The van der Waals surface area contributed by atoms with Crippen molar-refractivity contribution in [2.75, 3.05) is 27.7 Å². The molecule has 1 saturated carbocycles. The Morgan fingerprint density at radius 3 is 2.38 bits per heavy atom. The van der Waals surface area contributed by atoms with Gasteiger partial charge in [-0.25, -0.2) is 19.3 Å². The average molecular weight is 527 g/mol. The minimum atomic E-state index is -4.18. The maximum Gasteiger partial charge on any atom is 0.317 e. The fourth-order valence-electron chi connectivity index (χ4n) is 2.45. The van der Waals surface area contributed by atoms with Crippen molar-refractivity contribution in [3.8, 4) is 0 Å². The first-order valence-corrected chi connectivity index (χ1v) is 12.7. The molecule has 11 nitrogen and oxygen atoms in total. The maximum atomic E-state index is 13.2. The van der Waals surface area contributed by atoms with E-state index in [1.807, 2.05) is 0 Å². The highest BCUT2D eigenvalue weighted by Gasteiger charge is 2.39. The summed E-state index contributed by atoms with van der Waals surface area (Å²) in [6, 6.07) is 4.45. The largest absolute Gasteiger partial charge is 0.399 e. The predicted octanol–water partition coefficient (Wildman–Crippen LogP) is 1.62. The number of hydrogen-bond acceptors (Lipinski definition) is 8. The third-order valence-corrected chi connectivity index (χ3v) is 8.40. The van der Waals surface area contributed by atoms with Crippen LogP contribution in [0.1, 0.15) is 18.4 Å². The second kappa shape index (κ2) is 10.5. The molecule has 0 saturated heterocycles. The molecule has 0 atom stereocenters. The number of sulfonamides is 1. The van der Waals surface area contributed by atoms with Crippen molar-refractivity contribution in [1.82, 2.24) is 13.0 Å². The molecule has 2 N–H and O–H groups in total. The highest BCUT2D eigenvalue weighted by molar-refractivity contribution is 7.93. The Bertz CT molecular complexity index is 1130. The van der Waals surface area contributed by atoms with E-state index in [1.165, 1.54) is 25.5 Å². The van der Waals surface area contributed by atoms with Gasteiger partial charge in [-0.2, -0.15) is 21.4 Å². The molecule has 2 rings (SSSR count). The molecule has 0 amide bonds. The lowest BCUT2D eigenvalue weighted by molar-refractivity contribution is 0.212. The molecule has 0 aromatic heterocycles. The molecule has 1 aromatic carbocycles. The van der Waals surface area contributed by atoms with Crippen LogP contribution in [0.25, 0.3) is 0 Å². The van der Waals surface area contributed by atoms with E-state index in [1.54, 1.807) is 18.2 Å². The van der Waals surface area contributed by atoms with Crippen LogP contribution in [0.3, 0.4) is 0 Å². The summed E-state index contributed by atoms with van der Waals surface area (Å²) in [5, 5.41) is 3.96. The van der Waals surface area contributed by atoms with Crippen molar-refractivity contribution >= 4 is 55.5 Å². The molecule has 0 bridgehead atoms. The van der Waals surface area contributed by atoms with Crippen LogP contribution in [0.2, 0.25) is 10.0 Å². The highest BCUT2D eigenvalue weighted by atomic mass is 35.5. The minimum Gasteiger partial charge on any atom is -0.399 e. The van der Waals surface area contributed by atoms with Crippen LogP contribution in [0.4, 0.5) is 0 Å². The van der Waals surface area contributed by atoms with Gasteiger partial charge in [0.25, 0.3) is 10.0 Å². The molecule has 0 aliphatic heterocycles. The van der Waals surface area contributed by atoms with Crippen LogP contribution in [-0.2, 0) is 25.1 Å². The van der Waals surface area contributed by atoms with Gasteiger partial charge in [-0.15, -0.1) is 0 Å². The zero-order chi connectivity index (χ0) is 24.3. The SMILES string of the molecule is C=C(N=CN(N)S(=O)(=O)N(C)C)S(=O)(=O)N(C/C(=N\OC)c1ccc(Cl)c(Cl)c1)C1CC1. The van der Waals surface area contributed by atoms with Gasteiger partial charge < -0.3 is 4.84 Å². The lowest BCUT2D eigenvalue weighted by Crippen LogP contribution is -2.43. The Labute approximate surface area is 197 Å². The van der Waals surface area contributed by atoms with Crippen molar-refractivity contribution in [2.24, 2.45) is 16.0 Å². The summed E-state index contributed by atoms with van der Waals surface area (Å²) < 4.78 is 52.5. The summed E-state index contributed by atoms with van der Waals surface area (Å²) in [7, 11) is -4.34. The molecule has 32 heavy (non-hydrogen) atoms. The first-order chi connectivity index (χ1) is 14.8. The number of nitrogens with two attached hydrogens (primary N) is 1. The lowest BCUT2D eigenvalue weighted by Gasteiger charge is -2.23. The Kier molecular flexibility index (Phi) is 8.67. The first-order valence-electron chi connectivity index (χ1n) is 9.09. The smallest absolute Gasteiger partial charge is 0.317 e. The van der Waals surface area contributed by atoms with Crippen LogP contribution in [0.5, 0.6) is 0 Å². The van der Waals surface area contributed by atoms with Gasteiger partial charge in [-0.05, 0) is 25.0 Å². The van der Waals surface area contributed by atoms with Crippen LogP contribution in [0, 0.1) is 0 Å². The molecule has 1 aliphatic carbocycles. The number of nitrogens with zero attached hydrogens (tertiary/aromatic N) is 5. The summed E-state index contributed by atoms with van der Waals surface area (Å²) in [6.07, 6.45) is 1.94. The van der Waals surface area contributed by atoms with Gasteiger partial charge in [-0.3, -0.25) is 0 Å². The summed E-state index contributed by atoms with van der Waals surface area (Å²) in [5.74, 6) is 5.46. The van der Waals surface area contributed by atoms with Crippen molar-refractivity contribution in [3.63, 3.8) is 0 Å². The van der Waals surface area contributed by atoms with E-state index < -0.39 is 25.3 Å². The molecule has 178 valence electrons. The molecule has 0 radical (unpaired) electrons. The lowest BCUT2D eigenvalue weighted by atomic mass is 10.1. The molecule has 0 spiro atoms. The van der Waals surface area contributed by atoms with E-state index in [2.05, 4.69) is 16.7 Å². The van der Waals surface area contributed by atoms with E-state index in [4.69, 9.17) is 33.9 Å². The molecule has 1 aromatic rings. The van der Waals surface area contributed by atoms with E-state index in [0.29, 0.717) is 34.2 Å². The van der Waals surface area contributed by atoms with Crippen LogP contribution < -0.4 is 5.84 Å². The van der Waals surface area contributed by atoms with Gasteiger partial charge in [0.15, 0.2) is 5.03 Å². The monoisotopic (exact) mass is 526 g/mol. The fourth-order valence-corrected chi connectivity index (χ4v) is 4.64. The number of hydrogen-bond donors (Lipinski definition) is 1. The molecular weight excluding hydrogens is 503 g/mol. The Balaban J connectivity index is 2.31. The average Bonchev–Trinajstić information content (AvgIpc) is 3.55.